The molecule has 3 aromatic heterocycles. The van der Waals surface area contributed by atoms with Gasteiger partial charge in [-0.1, -0.05) is 65.5 Å². The van der Waals surface area contributed by atoms with E-state index in [0.29, 0.717) is 11.3 Å². The molecule has 7 aromatic rings. The van der Waals surface area contributed by atoms with Gasteiger partial charge in [0.2, 0.25) is 0 Å². The zero-order chi connectivity index (χ0) is 33.6. The molecule has 0 saturated heterocycles. The number of fused-ring (bicyclic) bond motifs is 5. The number of thiophene rings is 1. The molecule has 0 unspecified atom stereocenters. The van der Waals surface area contributed by atoms with Gasteiger partial charge in [0.05, 0.1) is 0 Å². The van der Waals surface area contributed by atoms with E-state index in [1.165, 1.54) is 18.5 Å². The molecule has 4 aromatic carbocycles. The van der Waals surface area contributed by atoms with Gasteiger partial charge in [-0.2, -0.15) is 11.3 Å². The maximum Gasteiger partial charge on any atom is 0.0318 e. The molecule has 7 rings (SSSR count). The molecule has 1 radical (unpaired) electrons. The average molecular weight is 708 g/mol. The summed E-state index contributed by atoms with van der Waals surface area (Å²) in [5.74, 6) is 0. The van der Waals surface area contributed by atoms with E-state index in [1.807, 2.05) is 36.4 Å². The summed E-state index contributed by atoms with van der Waals surface area (Å²) in [7, 11) is 0. The first kappa shape index (κ1) is 17.8. The molecule has 0 amide bonds. The molecule has 0 spiro atoms. The molecule has 2 nitrogen and oxygen atoms in total. The summed E-state index contributed by atoms with van der Waals surface area (Å²) in [5.41, 5.74) is 2.48. The van der Waals surface area contributed by atoms with E-state index >= 15 is 0 Å². The Morgan fingerprint density at radius 1 is 0.667 bits per heavy atom. The average Bonchev–Trinajstić information content (AvgIpc) is 3.44. The third kappa shape index (κ3) is 5.42. The molecule has 193 valence electrons. The van der Waals surface area contributed by atoms with Crippen LogP contribution in [-0.2, 0) is 20.1 Å². The van der Waals surface area contributed by atoms with Gasteiger partial charge in [-0.25, -0.2) is 0 Å². The van der Waals surface area contributed by atoms with Crippen molar-refractivity contribution in [1.29, 1.82) is 0 Å². The molecule has 0 aliphatic rings. The van der Waals surface area contributed by atoms with Gasteiger partial charge in [0.25, 0.3) is 0 Å². The van der Waals surface area contributed by atoms with Crippen LogP contribution in [0, 0.1) is 32.7 Å². The molecule has 0 bridgehead atoms. The van der Waals surface area contributed by atoms with Gasteiger partial charge in [0.1, 0.15) is 0 Å². The standard InChI is InChI=1S/C23H16NS.C12H10N.Ir/c1-14-12-21(24-13-15(14)2)20-9-5-8-18-19-11-10-16-6-3-4-7-17(16)22(19)25-23(18)20;1-10-7-8-12(13-9-10)11-5-3-2-4-6-11;/h3-8,10-13H,1-2H3;2-5,7-9H,1H3;/q2*-1;/i1D3,2D3;1D3;. The van der Waals surface area contributed by atoms with Crippen molar-refractivity contribution in [1.82, 2.24) is 9.97 Å². The van der Waals surface area contributed by atoms with Gasteiger partial charge in [-0.15, -0.1) is 59.7 Å². The van der Waals surface area contributed by atoms with Gasteiger partial charge in [0, 0.05) is 49.5 Å². The molecule has 0 saturated carbocycles. The summed E-state index contributed by atoms with van der Waals surface area (Å²) in [6.07, 6.45) is 2.56. The van der Waals surface area contributed by atoms with Crippen LogP contribution in [0.1, 0.15) is 29.0 Å². The fourth-order valence-electron chi connectivity index (χ4n) is 4.36. The Bertz CT molecular complexity index is 2210. The van der Waals surface area contributed by atoms with E-state index < -0.39 is 20.6 Å². The van der Waals surface area contributed by atoms with Crippen molar-refractivity contribution in [2.24, 2.45) is 0 Å². The number of hydrogen-bond acceptors (Lipinski definition) is 3. The fraction of sp³-hybridized carbons (Fsp3) is 0.0857. The number of benzene rings is 4. The minimum Gasteiger partial charge on any atom is -0.304 e. The first-order valence-corrected chi connectivity index (χ1v) is 12.7. The van der Waals surface area contributed by atoms with Crippen molar-refractivity contribution >= 4 is 42.3 Å². The predicted molar refractivity (Wildman–Crippen MR) is 162 cm³/mol. The summed E-state index contributed by atoms with van der Waals surface area (Å²) in [5, 5.41) is 4.46. The smallest absolute Gasteiger partial charge is 0.0318 e. The van der Waals surface area contributed by atoms with Crippen LogP contribution < -0.4 is 0 Å². The zero-order valence-corrected chi connectivity index (χ0v) is 23.7. The second kappa shape index (κ2) is 11.6. The molecule has 0 aliphatic carbocycles. The van der Waals surface area contributed by atoms with E-state index in [2.05, 4.69) is 46.4 Å². The maximum absolute atomic E-state index is 7.84. The van der Waals surface area contributed by atoms with Crippen molar-refractivity contribution in [2.45, 2.75) is 20.6 Å². The third-order valence-electron chi connectivity index (χ3n) is 6.23. The topological polar surface area (TPSA) is 25.8 Å². The maximum atomic E-state index is 7.84. The summed E-state index contributed by atoms with van der Waals surface area (Å²) < 4.78 is 70.4. The first-order valence-electron chi connectivity index (χ1n) is 16.4. The van der Waals surface area contributed by atoms with Crippen LogP contribution >= 0.6 is 11.3 Å². The van der Waals surface area contributed by atoms with Crippen LogP contribution in [0.25, 0.3) is 53.5 Å². The second-order valence-electron chi connectivity index (χ2n) is 8.68. The van der Waals surface area contributed by atoms with E-state index in [0.717, 1.165) is 42.2 Å². The number of hydrogen-bond donors (Lipinski definition) is 0. The fourth-order valence-corrected chi connectivity index (χ4v) is 5.70. The summed E-state index contributed by atoms with van der Waals surface area (Å²) in [4.78, 5) is 8.46. The Kier molecular flexibility index (Phi) is 5.29. The normalized spacial score (nSPS) is 15.1. The molecular formula is C35H26IrN2S-2. The van der Waals surface area contributed by atoms with Gasteiger partial charge in [-0.3, -0.25) is 0 Å². The Labute approximate surface area is 259 Å². The first-order chi connectivity index (χ1) is 22.2. The minimum absolute atomic E-state index is 0. The predicted octanol–water partition coefficient (Wildman–Crippen LogP) is 9.54. The summed E-state index contributed by atoms with van der Waals surface area (Å²) >= 11 is 1.61. The summed E-state index contributed by atoms with van der Waals surface area (Å²) in [6, 6.07) is 34.5. The Morgan fingerprint density at radius 3 is 2.31 bits per heavy atom. The van der Waals surface area contributed by atoms with Gasteiger partial charge < -0.3 is 9.97 Å². The molecular weight excluding hydrogens is 673 g/mol. The Morgan fingerprint density at radius 2 is 1.51 bits per heavy atom. The molecule has 4 heteroatoms. The van der Waals surface area contributed by atoms with Crippen molar-refractivity contribution < 1.29 is 32.4 Å². The van der Waals surface area contributed by atoms with Crippen LogP contribution in [-0.4, -0.2) is 9.97 Å². The molecule has 3 heterocycles. The SMILES string of the molecule is [2H]C([2H])([2H])c1ccc(-c2[c-]cccc2)nc1.[2H]C([2H])([2H])c1cnc(-c2[c-]ccc3c2sc2c4ccccc4ccc32)cc1C([2H])([2H])[2H].[Ir]. The van der Waals surface area contributed by atoms with Gasteiger partial charge >= 0.3 is 0 Å². The van der Waals surface area contributed by atoms with E-state index in [9.17, 15) is 0 Å². The van der Waals surface area contributed by atoms with Crippen LogP contribution in [0.15, 0.2) is 103 Å². The number of aryl methyl sites for hydroxylation is 3. The monoisotopic (exact) mass is 708 g/mol. The minimum atomic E-state index is -2.56. The van der Waals surface area contributed by atoms with Crippen LogP contribution in [0.5, 0.6) is 0 Å². The molecule has 0 atom stereocenters. The van der Waals surface area contributed by atoms with Crippen molar-refractivity contribution in [2.75, 3.05) is 0 Å². The van der Waals surface area contributed by atoms with Crippen molar-refractivity contribution in [3.05, 3.63) is 132 Å². The van der Waals surface area contributed by atoms with Gasteiger partial charge in [-0.05, 0) is 63.9 Å². The van der Waals surface area contributed by atoms with E-state index in [4.69, 9.17) is 12.3 Å². The summed E-state index contributed by atoms with van der Waals surface area (Å²) in [6.45, 7) is -7.21. The van der Waals surface area contributed by atoms with Gasteiger partial charge in [0.15, 0.2) is 0 Å². The van der Waals surface area contributed by atoms with Crippen LogP contribution in [0.4, 0.5) is 0 Å². The number of aromatic nitrogens is 2. The quantitative estimate of drug-likeness (QED) is 0.167. The second-order valence-corrected chi connectivity index (χ2v) is 9.71. The Balaban J connectivity index is 0.000000224. The molecule has 0 aliphatic heterocycles. The number of nitrogens with zero attached hydrogens (tertiary/aromatic N) is 2. The molecule has 0 N–H and O–H groups in total. The third-order valence-corrected chi connectivity index (χ3v) is 7.50. The van der Waals surface area contributed by atoms with Crippen LogP contribution in [0.2, 0.25) is 0 Å². The van der Waals surface area contributed by atoms with E-state index in [1.54, 1.807) is 35.6 Å². The molecule has 39 heavy (non-hydrogen) atoms. The van der Waals surface area contributed by atoms with Crippen molar-refractivity contribution in [3.8, 4) is 22.5 Å². The van der Waals surface area contributed by atoms with E-state index in [-0.39, 0.29) is 36.8 Å². The van der Waals surface area contributed by atoms with Crippen molar-refractivity contribution in [3.63, 3.8) is 0 Å². The number of rotatable bonds is 2. The Hall–Kier alpha value is -3.69. The van der Waals surface area contributed by atoms with Crippen LogP contribution in [0.3, 0.4) is 0 Å². The zero-order valence-electron chi connectivity index (χ0n) is 29.5. The largest absolute Gasteiger partial charge is 0.304 e. The number of pyridine rings is 2. The molecule has 0 fully saturated rings.